The lowest BCUT2D eigenvalue weighted by atomic mass is 9.87. The molecule has 0 radical (unpaired) electrons. The second kappa shape index (κ2) is 3.89. The van der Waals surface area contributed by atoms with Crippen LogP contribution in [0.15, 0.2) is 0 Å². The Morgan fingerprint density at radius 3 is 2.60 bits per heavy atom. The van der Waals surface area contributed by atoms with Crippen molar-refractivity contribution in [3.63, 3.8) is 0 Å². The minimum absolute atomic E-state index is 0.418. The molecule has 1 aliphatic heterocycles. The molecule has 1 heterocycles. The Balaban J connectivity index is 1.60. The lowest BCUT2D eigenvalue weighted by Gasteiger charge is -2.31. The third kappa shape index (κ3) is 1.73. The summed E-state index contributed by atoms with van der Waals surface area (Å²) >= 11 is 0. The maximum atomic E-state index is 12.0. The predicted octanol–water partition coefficient (Wildman–Crippen LogP) is 2.09. The maximum absolute atomic E-state index is 12.0. The Morgan fingerprint density at radius 1 is 1.13 bits per heavy atom. The van der Waals surface area contributed by atoms with Crippen molar-refractivity contribution in [2.24, 2.45) is 17.8 Å². The molecule has 2 bridgehead atoms. The summed E-state index contributed by atoms with van der Waals surface area (Å²) in [6, 6.07) is 0. The quantitative estimate of drug-likeness (QED) is 0.691. The third-order valence-electron chi connectivity index (χ3n) is 4.71. The van der Waals surface area contributed by atoms with Crippen molar-refractivity contribution in [1.82, 2.24) is 4.90 Å². The van der Waals surface area contributed by atoms with Crippen LogP contribution in [0.2, 0.25) is 0 Å². The summed E-state index contributed by atoms with van der Waals surface area (Å²) in [5.41, 5.74) is 0. The second-order valence-corrected chi connectivity index (χ2v) is 5.64. The molecule has 15 heavy (non-hydrogen) atoms. The molecule has 2 aliphatic carbocycles. The van der Waals surface area contributed by atoms with E-state index in [9.17, 15) is 4.79 Å². The standard InChI is InChI=1S/C13H21NO/c15-13-11-5-4-10(8-11)12(13)9-14-6-2-1-3-7-14/h10-12H,1-9H2/t10-,11+,12?/m1/s1. The van der Waals surface area contributed by atoms with Gasteiger partial charge in [-0.2, -0.15) is 0 Å². The maximum Gasteiger partial charge on any atom is 0.140 e. The van der Waals surface area contributed by atoms with Gasteiger partial charge >= 0.3 is 0 Å². The molecule has 3 rings (SSSR count). The van der Waals surface area contributed by atoms with E-state index in [1.807, 2.05) is 0 Å². The lowest BCUT2D eigenvalue weighted by Crippen LogP contribution is -2.38. The van der Waals surface area contributed by atoms with Crippen LogP contribution >= 0.6 is 0 Å². The van der Waals surface area contributed by atoms with Crippen molar-refractivity contribution < 1.29 is 4.79 Å². The first-order chi connectivity index (χ1) is 7.34. The van der Waals surface area contributed by atoms with Gasteiger partial charge in [0.1, 0.15) is 5.78 Å². The van der Waals surface area contributed by atoms with Gasteiger partial charge in [0.2, 0.25) is 0 Å². The summed E-state index contributed by atoms with van der Waals surface area (Å²) in [5, 5.41) is 0. The van der Waals surface area contributed by atoms with Crippen molar-refractivity contribution in [1.29, 1.82) is 0 Å². The number of fused-ring (bicyclic) bond motifs is 2. The van der Waals surface area contributed by atoms with Crippen molar-refractivity contribution in [2.45, 2.75) is 38.5 Å². The molecule has 0 spiro atoms. The fourth-order valence-corrected chi connectivity index (χ4v) is 3.83. The molecule has 0 aromatic heterocycles. The number of carbonyl (C=O) groups is 1. The number of rotatable bonds is 2. The summed E-state index contributed by atoms with van der Waals surface area (Å²) in [6.45, 7) is 3.56. The van der Waals surface area contributed by atoms with Gasteiger partial charge in [0, 0.05) is 18.4 Å². The van der Waals surface area contributed by atoms with Gasteiger partial charge < -0.3 is 4.90 Å². The van der Waals surface area contributed by atoms with Crippen molar-refractivity contribution in [3.8, 4) is 0 Å². The summed E-state index contributed by atoms with van der Waals surface area (Å²) in [5.74, 6) is 2.24. The van der Waals surface area contributed by atoms with Crippen LogP contribution in [-0.4, -0.2) is 30.3 Å². The number of hydrogen-bond acceptors (Lipinski definition) is 2. The molecule has 2 nitrogen and oxygen atoms in total. The number of nitrogens with zero attached hydrogens (tertiary/aromatic N) is 1. The van der Waals surface area contributed by atoms with Crippen molar-refractivity contribution >= 4 is 5.78 Å². The number of likely N-dealkylation sites (tertiary alicyclic amines) is 1. The van der Waals surface area contributed by atoms with Gasteiger partial charge in [0.05, 0.1) is 0 Å². The predicted molar refractivity (Wildman–Crippen MR) is 59.6 cm³/mol. The van der Waals surface area contributed by atoms with E-state index in [2.05, 4.69) is 4.90 Å². The molecule has 0 N–H and O–H groups in total. The Labute approximate surface area is 92.0 Å². The van der Waals surface area contributed by atoms with E-state index >= 15 is 0 Å². The van der Waals surface area contributed by atoms with E-state index in [1.165, 1.54) is 51.6 Å². The van der Waals surface area contributed by atoms with Crippen LogP contribution in [0.3, 0.4) is 0 Å². The van der Waals surface area contributed by atoms with Gasteiger partial charge in [-0.15, -0.1) is 0 Å². The Kier molecular flexibility index (Phi) is 2.55. The highest BCUT2D eigenvalue weighted by molar-refractivity contribution is 5.87. The molecule has 0 aromatic carbocycles. The van der Waals surface area contributed by atoms with Crippen LogP contribution in [-0.2, 0) is 4.79 Å². The van der Waals surface area contributed by atoms with Crippen LogP contribution in [0.1, 0.15) is 38.5 Å². The van der Waals surface area contributed by atoms with E-state index in [0.29, 0.717) is 17.6 Å². The molecule has 2 saturated carbocycles. The highest BCUT2D eigenvalue weighted by Gasteiger charge is 2.46. The van der Waals surface area contributed by atoms with Crippen molar-refractivity contribution in [2.75, 3.05) is 19.6 Å². The SMILES string of the molecule is O=C1C(CN2CCCCC2)[C@@H]2CC[C@H]1C2. The molecule has 0 amide bonds. The second-order valence-electron chi connectivity index (χ2n) is 5.64. The van der Waals surface area contributed by atoms with Gasteiger partial charge in [-0.3, -0.25) is 4.79 Å². The average Bonchev–Trinajstić information content (AvgIpc) is 2.84. The molecule has 2 heteroatoms. The zero-order valence-electron chi connectivity index (χ0n) is 9.45. The van der Waals surface area contributed by atoms with Gasteiger partial charge in [-0.1, -0.05) is 6.42 Å². The Morgan fingerprint density at radius 2 is 1.93 bits per heavy atom. The summed E-state index contributed by atoms with van der Waals surface area (Å²) in [7, 11) is 0. The highest BCUT2D eigenvalue weighted by atomic mass is 16.1. The van der Waals surface area contributed by atoms with Crippen LogP contribution in [0.5, 0.6) is 0 Å². The topological polar surface area (TPSA) is 20.3 Å². The van der Waals surface area contributed by atoms with Gasteiger partial charge in [-0.25, -0.2) is 0 Å². The molecular weight excluding hydrogens is 186 g/mol. The molecular formula is C13H21NO. The fourth-order valence-electron chi connectivity index (χ4n) is 3.83. The van der Waals surface area contributed by atoms with Gasteiger partial charge in [-0.05, 0) is 51.1 Å². The van der Waals surface area contributed by atoms with Gasteiger partial charge in [0.25, 0.3) is 0 Å². The molecule has 1 unspecified atom stereocenters. The monoisotopic (exact) mass is 207 g/mol. The Bertz CT molecular complexity index is 257. The van der Waals surface area contributed by atoms with E-state index in [4.69, 9.17) is 0 Å². The fraction of sp³-hybridized carbons (Fsp3) is 0.923. The zero-order valence-corrected chi connectivity index (χ0v) is 9.45. The summed E-state index contributed by atoms with van der Waals surface area (Å²) < 4.78 is 0. The van der Waals surface area contributed by atoms with Gasteiger partial charge in [0.15, 0.2) is 0 Å². The van der Waals surface area contributed by atoms with Crippen LogP contribution in [0.25, 0.3) is 0 Å². The molecule has 3 fully saturated rings. The first kappa shape index (κ1) is 9.83. The third-order valence-corrected chi connectivity index (χ3v) is 4.71. The van der Waals surface area contributed by atoms with Crippen LogP contribution in [0, 0.1) is 17.8 Å². The van der Waals surface area contributed by atoms with Crippen LogP contribution in [0.4, 0.5) is 0 Å². The van der Waals surface area contributed by atoms with Crippen molar-refractivity contribution in [3.05, 3.63) is 0 Å². The first-order valence-electron chi connectivity index (χ1n) is 6.60. The molecule has 3 aliphatic rings. The molecule has 0 aromatic rings. The minimum Gasteiger partial charge on any atom is -0.303 e. The van der Waals surface area contributed by atoms with E-state index in [1.54, 1.807) is 0 Å². The smallest absolute Gasteiger partial charge is 0.140 e. The number of Topliss-reactive ketones (excluding diaryl/α,β-unsaturated/α-hetero) is 1. The number of carbonyl (C=O) groups excluding carboxylic acids is 1. The van der Waals surface area contributed by atoms with Crippen LogP contribution < -0.4 is 0 Å². The summed E-state index contributed by atoms with van der Waals surface area (Å²) in [6.07, 6.45) is 7.82. The summed E-state index contributed by atoms with van der Waals surface area (Å²) in [4.78, 5) is 14.5. The lowest BCUT2D eigenvalue weighted by molar-refractivity contribution is -0.126. The van der Waals surface area contributed by atoms with E-state index < -0.39 is 0 Å². The average molecular weight is 207 g/mol. The largest absolute Gasteiger partial charge is 0.303 e. The molecule has 84 valence electrons. The number of ketones is 1. The zero-order chi connectivity index (χ0) is 10.3. The normalized spacial score (nSPS) is 41.3. The molecule has 3 atom stereocenters. The first-order valence-corrected chi connectivity index (χ1v) is 6.60. The number of hydrogen-bond donors (Lipinski definition) is 0. The molecule has 1 saturated heterocycles. The Hall–Kier alpha value is -0.370. The van der Waals surface area contributed by atoms with E-state index in [-0.39, 0.29) is 0 Å². The number of piperidine rings is 1. The highest BCUT2D eigenvalue weighted by Crippen LogP contribution is 2.46. The minimum atomic E-state index is 0.418. The van der Waals surface area contributed by atoms with E-state index in [0.717, 1.165) is 12.5 Å².